The van der Waals surface area contributed by atoms with E-state index in [9.17, 15) is 9.59 Å². The molecule has 106 valence electrons. The van der Waals surface area contributed by atoms with Gasteiger partial charge in [-0.25, -0.2) is 0 Å². The van der Waals surface area contributed by atoms with E-state index in [1.165, 1.54) is 6.08 Å². The molecule has 2 aromatic carbocycles. The van der Waals surface area contributed by atoms with Gasteiger partial charge in [-0.05, 0) is 35.9 Å². The normalized spacial score (nSPS) is 10.5. The SMILES string of the molecule is NC(=O)c1ccccc1NC(=O)/C=C/c1ccc(N)cc1. The molecule has 0 aliphatic rings. The van der Waals surface area contributed by atoms with Gasteiger partial charge in [0.1, 0.15) is 0 Å². The fourth-order valence-electron chi connectivity index (χ4n) is 1.76. The second kappa shape index (κ2) is 6.38. The number of hydrogen-bond donors (Lipinski definition) is 3. The number of nitrogens with one attached hydrogen (secondary N) is 1. The Morgan fingerprint density at radius 1 is 1.00 bits per heavy atom. The molecule has 2 aromatic rings. The van der Waals surface area contributed by atoms with Gasteiger partial charge in [-0.15, -0.1) is 0 Å². The highest BCUT2D eigenvalue weighted by atomic mass is 16.2. The minimum Gasteiger partial charge on any atom is -0.399 e. The Hall–Kier alpha value is -3.08. The zero-order valence-corrected chi connectivity index (χ0v) is 11.2. The largest absolute Gasteiger partial charge is 0.399 e. The molecule has 0 bridgehead atoms. The van der Waals surface area contributed by atoms with Crippen LogP contribution in [0.1, 0.15) is 15.9 Å². The monoisotopic (exact) mass is 281 g/mol. The minimum atomic E-state index is -0.589. The molecule has 5 N–H and O–H groups in total. The average Bonchev–Trinajstić information content (AvgIpc) is 2.47. The molecule has 0 unspecified atom stereocenters. The fraction of sp³-hybridized carbons (Fsp3) is 0. The van der Waals surface area contributed by atoms with Crippen molar-refractivity contribution < 1.29 is 9.59 Å². The van der Waals surface area contributed by atoms with Crippen molar-refractivity contribution in [3.63, 3.8) is 0 Å². The van der Waals surface area contributed by atoms with E-state index in [1.807, 2.05) is 0 Å². The van der Waals surface area contributed by atoms with Gasteiger partial charge in [0.05, 0.1) is 11.3 Å². The summed E-state index contributed by atoms with van der Waals surface area (Å²) in [6.07, 6.45) is 3.03. The summed E-state index contributed by atoms with van der Waals surface area (Å²) in [7, 11) is 0. The third kappa shape index (κ3) is 3.94. The maximum Gasteiger partial charge on any atom is 0.250 e. The highest BCUT2D eigenvalue weighted by Gasteiger charge is 2.08. The van der Waals surface area contributed by atoms with Crippen LogP contribution in [0.4, 0.5) is 11.4 Å². The quantitative estimate of drug-likeness (QED) is 0.590. The molecule has 0 aliphatic carbocycles. The second-order valence-electron chi connectivity index (χ2n) is 4.40. The van der Waals surface area contributed by atoms with E-state index in [1.54, 1.807) is 54.6 Å². The van der Waals surface area contributed by atoms with Crippen LogP contribution in [0.25, 0.3) is 6.08 Å². The van der Waals surface area contributed by atoms with Crippen LogP contribution in [0.3, 0.4) is 0 Å². The zero-order chi connectivity index (χ0) is 15.2. The molecular formula is C16H15N3O2. The summed E-state index contributed by atoms with van der Waals surface area (Å²) in [5.74, 6) is -0.936. The van der Waals surface area contributed by atoms with Crippen LogP contribution in [0, 0.1) is 0 Å². The van der Waals surface area contributed by atoms with E-state index in [0.29, 0.717) is 11.4 Å². The van der Waals surface area contributed by atoms with E-state index in [2.05, 4.69) is 5.32 Å². The van der Waals surface area contributed by atoms with Crippen LogP contribution in [0.2, 0.25) is 0 Å². The number of benzene rings is 2. The molecule has 0 fully saturated rings. The predicted molar refractivity (Wildman–Crippen MR) is 83.5 cm³/mol. The lowest BCUT2D eigenvalue weighted by Crippen LogP contribution is -2.16. The Morgan fingerprint density at radius 2 is 1.67 bits per heavy atom. The first kappa shape index (κ1) is 14.3. The van der Waals surface area contributed by atoms with Crippen LogP contribution in [-0.4, -0.2) is 11.8 Å². The molecule has 0 atom stereocenters. The van der Waals surface area contributed by atoms with Crippen molar-refractivity contribution in [3.05, 3.63) is 65.7 Å². The number of para-hydroxylation sites is 1. The van der Waals surface area contributed by atoms with Crippen LogP contribution in [-0.2, 0) is 4.79 Å². The van der Waals surface area contributed by atoms with Crippen molar-refractivity contribution in [2.24, 2.45) is 5.73 Å². The maximum absolute atomic E-state index is 11.9. The zero-order valence-electron chi connectivity index (χ0n) is 11.2. The molecule has 0 radical (unpaired) electrons. The molecule has 5 nitrogen and oxygen atoms in total. The first-order valence-corrected chi connectivity index (χ1v) is 6.29. The van der Waals surface area contributed by atoms with Gasteiger partial charge >= 0.3 is 0 Å². The lowest BCUT2D eigenvalue weighted by Gasteiger charge is -2.06. The standard InChI is InChI=1S/C16H15N3O2/c17-12-8-5-11(6-9-12)7-10-15(20)19-14-4-2-1-3-13(14)16(18)21/h1-10H,17H2,(H2,18,21)(H,19,20)/b10-7+. The number of carbonyl (C=O) groups excluding carboxylic acids is 2. The van der Waals surface area contributed by atoms with E-state index < -0.39 is 5.91 Å². The average molecular weight is 281 g/mol. The van der Waals surface area contributed by atoms with Crippen molar-refractivity contribution in [3.8, 4) is 0 Å². The summed E-state index contributed by atoms with van der Waals surface area (Å²) in [6, 6.07) is 13.7. The van der Waals surface area contributed by atoms with Crippen molar-refractivity contribution in [1.29, 1.82) is 0 Å². The fourth-order valence-corrected chi connectivity index (χ4v) is 1.76. The molecular weight excluding hydrogens is 266 g/mol. The van der Waals surface area contributed by atoms with Gasteiger partial charge in [0, 0.05) is 11.8 Å². The molecule has 0 aliphatic heterocycles. The number of anilines is 2. The van der Waals surface area contributed by atoms with Gasteiger partial charge in [0.25, 0.3) is 5.91 Å². The number of nitrogens with two attached hydrogens (primary N) is 2. The summed E-state index contributed by atoms with van der Waals surface area (Å²) >= 11 is 0. The van der Waals surface area contributed by atoms with Gasteiger partial charge < -0.3 is 16.8 Å². The van der Waals surface area contributed by atoms with Gasteiger partial charge in [-0.2, -0.15) is 0 Å². The van der Waals surface area contributed by atoms with E-state index in [4.69, 9.17) is 11.5 Å². The van der Waals surface area contributed by atoms with Gasteiger partial charge in [0.2, 0.25) is 5.91 Å². The summed E-state index contributed by atoms with van der Waals surface area (Å²) < 4.78 is 0. The summed E-state index contributed by atoms with van der Waals surface area (Å²) in [6.45, 7) is 0. The van der Waals surface area contributed by atoms with Crippen molar-refractivity contribution in [2.45, 2.75) is 0 Å². The van der Waals surface area contributed by atoms with Crippen molar-refractivity contribution in [1.82, 2.24) is 0 Å². The summed E-state index contributed by atoms with van der Waals surface area (Å²) in [5.41, 5.74) is 13.0. The smallest absolute Gasteiger partial charge is 0.250 e. The third-order valence-electron chi connectivity index (χ3n) is 2.81. The Balaban J connectivity index is 2.08. The van der Waals surface area contributed by atoms with Crippen LogP contribution >= 0.6 is 0 Å². The Morgan fingerprint density at radius 3 is 2.33 bits per heavy atom. The van der Waals surface area contributed by atoms with E-state index in [0.717, 1.165) is 5.56 Å². The maximum atomic E-state index is 11.9. The highest BCUT2D eigenvalue weighted by molar-refractivity contribution is 6.07. The number of carbonyl (C=O) groups is 2. The molecule has 2 amide bonds. The third-order valence-corrected chi connectivity index (χ3v) is 2.81. The predicted octanol–water partition coefficient (Wildman–Crippen LogP) is 2.02. The van der Waals surface area contributed by atoms with Crippen molar-refractivity contribution in [2.75, 3.05) is 11.1 Å². The van der Waals surface area contributed by atoms with Crippen molar-refractivity contribution >= 4 is 29.3 Å². The summed E-state index contributed by atoms with van der Waals surface area (Å²) in [5, 5.41) is 2.62. The summed E-state index contributed by atoms with van der Waals surface area (Å²) in [4.78, 5) is 23.1. The highest BCUT2D eigenvalue weighted by Crippen LogP contribution is 2.14. The topological polar surface area (TPSA) is 98.2 Å². The molecule has 5 heteroatoms. The Kier molecular flexibility index (Phi) is 4.36. The number of primary amides is 1. The number of hydrogen-bond acceptors (Lipinski definition) is 3. The van der Waals surface area contributed by atoms with Gasteiger partial charge in [-0.1, -0.05) is 24.3 Å². The lowest BCUT2D eigenvalue weighted by molar-refractivity contribution is -0.111. The first-order valence-electron chi connectivity index (χ1n) is 6.29. The molecule has 0 aromatic heterocycles. The lowest BCUT2D eigenvalue weighted by atomic mass is 10.1. The number of rotatable bonds is 4. The number of nitrogen functional groups attached to an aromatic ring is 1. The number of amides is 2. The molecule has 0 spiro atoms. The van der Waals surface area contributed by atoms with E-state index in [-0.39, 0.29) is 11.5 Å². The van der Waals surface area contributed by atoms with Gasteiger partial charge in [0.15, 0.2) is 0 Å². The molecule has 2 rings (SSSR count). The molecule has 0 saturated carbocycles. The molecule has 0 saturated heterocycles. The van der Waals surface area contributed by atoms with E-state index >= 15 is 0 Å². The Bertz CT molecular complexity index is 691. The second-order valence-corrected chi connectivity index (χ2v) is 4.40. The van der Waals surface area contributed by atoms with Crippen LogP contribution < -0.4 is 16.8 Å². The Labute approximate surface area is 122 Å². The minimum absolute atomic E-state index is 0.270. The van der Waals surface area contributed by atoms with Crippen LogP contribution in [0.5, 0.6) is 0 Å². The van der Waals surface area contributed by atoms with Gasteiger partial charge in [-0.3, -0.25) is 9.59 Å². The van der Waals surface area contributed by atoms with Crippen LogP contribution in [0.15, 0.2) is 54.6 Å². The molecule has 21 heavy (non-hydrogen) atoms. The molecule has 0 heterocycles. The first-order chi connectivity index (χ1) is 10.1.